The molecule has 0 radical (unpaired) electrons. The molecule has 2 aliphatic rings. The number of fused-ring (bicyclic) bond motifs is 4. The lowest BCUT2D eigenvalue weighted by molar-refractivity contribution is -0.274. The van der Waals surface area contributed by atoms with Crippen LogP contribution in [0.2, 0.25) is 0 Å². The van der Waals surface area contributed by atoms with Crippen LogP contribution in [0.3, 0.4) is 0 Å². The second-order valence-corrected chi connectivity index (χ2v) is 15.6. The summed E-state index contributed by atoms with van der Waals surface area (Å²) >= 11 is 0. The molecule has 2 aliphatic heterocycles. The first-order chi connectivity index (χ1) is 30.4. The zero-order valence-electron chi connectivity index (χ0n) is 33.3. The van der Waals surface area contributed by atoms with Crippen molar-refractivity contribution >= 4 is 57.2 Å². The van der Waals surface area contributed by atoms with Gasteiger partial charge in [0.25, 0.3) is 6.71 Å². The van der Waals surface area contributed by atoms with Gasteiger partial charge in [-0.15, -0.1) is 13.2 Å². The molecule has 0 unspecified atom stereocenters. The minimum Gasteiger partial charge on any atom is -0.406 e. The van der Waals surface area contributed by atoms with Gasteiger partial charge in [-0.3, -0.25) is 0 Å². The molecule has 11 rings (SSSR count). The standard InChI is InChI=1S/C55H36BF3N2O/c57-55(58,59)62-47-35-52-54-53(36-47)61(46-26-14-24-42(32-46)38-17-7-2-8-18-38)51-34-44(40-21-11-4-12-22-40)28-30-49(51)56(54)48-29-27-43(39-19-9-3-10-20-39)33-50(48)60(52)45-25-13-23-41(31-45)37-15-5-1-6-16-37/h1-36H. The van der Waals surface area contributed by atoms with Crippen LogP contribution in [0.15, 0.2) is 218 Å². The van der Waals surface area contributed by atoms with Crippen molar-refractivity contribution in [2.24, 2.45) is 0 Å². The van der Waals surface area contributed by atoms with Crippen molar-refractivity contribution < 1.29 is 17.9 Å². The molecule has 62 heavy (non-hydrogen) atoms. The molecule has 0 saturated heterocycles. The van der Waals surface area contributed by atoms with Crippen LogP contribution in [-0.2, 0) is 0 Å². The second kappa shape index (κ2) is 15.1. The average Bonchev–Trinajstić information content (AvgIpc) is 3.31. The summed E-state index contributed by atoms with van der Waals surface area (Å²) in [5, 5.41) is 0. The van der Waals surface area contributed by atoms with E-state index in [0.29, 0.717) is 11.4 Å². The number of hydrogen-bond donors (Lipinski definition) is 0. The molecule has 0 spiro atoms. The Bertz CT molecular complexity index is 2910. The van der Waals surface area contributed by atoms with E-state index in [1.165, 1.54) is 0 Å². The van der Waals surface area contributed by atoms with E-state index in [1.54, 1.807) is 12.1 Å². The molecule has 2 heterocycles. The summed E-state index contributed by atoms with van der Waals surface area (Å²) in [6.45, 7) is -0.332. The minimum absolute atomic E-state index is 0.302. The largest absolute Gasteiger partial charge is 0.573 e. The van der Waals surface area contributed by atoms with Crippen LogP contribution in [0.25, 0.3) is 44.5 Å². The molecule has 0 saturated carbocycles. The van der Waals surface area contributed by atoms with Gasteiger partial charge in [0.1, 0.15) is 5.75 Å². The van der Waals surface area contributed by atoms with Gasteiger partial charge in [-0.1, -0.05) is 170 Å². The minimum atomic E-state index is -4.93. The summed E-state index contributed by atoms with van der Waals surface area (Å²) in [7, 11) is 0. The molecule has 0 atom stereocenters. The molecule has 0 N–H and O–H groups in total. The fourth-order valence-electron chi connectivity index (χ4n) is 9.24. The number of ether oxygens (including phenoxy) is 1. The van der Waals surface area contributed by atoms with Crippen molar-refractivity contribution in [3.8, 4) is 50.3 Å². The normalized spacial score (nSPS) is 12.7. The summed E-state index contributed by atoms with van der Waals surface area (Å²) in [5.74, 6) is -0.302. The molecule has 0 fully saturated rings. The number of halogens is 3. The molecule has 7 heteroatoms. The Balaban J connectivity index is 1.22. The van der Waals surface area contributed by atoms with Gasteiger partial charge >= 0.3 is 6.36 Å². The average molecular weight is 809 g/mol. The highest BCUT2D eigenvalue weighted by atomic mass is 19.4. The number of alkyl halides is 3. The van der Waals surface area contributed by atoms with Gasteiger partial charge in [-0.25, -0.2) is 0 Å². The molecule has 296 valence electrons. The predicted octanol–water partition coefficient (Wildman–Crippen LogP) is 13.3. The highest BCUT2D eigenvalue weighted by molar-refractivity contribution is 7.00. The molecule has 3 nitrogen and oxygen atoms in total. The first-order valence-corrected chi connectivity index (χ1v) is 20.6. The molecule has 9 aromatic carbocycles. The summed E-state index contributed by atoms with van der Waals surface area (Å²) in [4.78, 5) is 4.24. The monoisotopic (exact) mass is 808 g/mol. The van der Waals surface area contributed by atoms with Crippen LogP contribution < -0.4 is 30.9 Å². The molecular weight excluding hydrogens is 772 g/mol. The Morgan fingerprint density at radius 1 is 0.339 bits per heavy atom. The Morgan fingerprint density at radius 2 is 0.694 bits per heavy atom. The fraction of sp³-hybridized carbons (Fsp3) is 0.0182. The summed E-state index contributed by atoms with van der Waals surface area (Å²) in [6, 6.07) is 73.2. The van der Waals surface area contributed by atoms with Gasteiger partial charge in [-0.05, 0) is 97.3 Å². The summed E-state index contributed by atoms with van der Waals surface area (Å²) in [5.41, 5.74) is 15.7. The zero-order chi connectivity index (χ0) is 41.8. The molecular formula is C55H36BF3N2O. The first-order valence-electron chi connectivity index (χ1n) is 20.6. The van der Waals surface area contributed by atoms with Crippen molar-refractivity contribution in [3.63, 3.8) is 0 Å². The Hall–Kier alpha value is -7.77. The highest BCUT2D eigenvalue weighted by Gasteiger charge is 2.45. The lowest BCUT2D eigenvalue weighted by Crippen LogP contribution is -2.61. The van der Waals surface area contributed by atoms with E-state index in [9.17, 15) is 13.2 Å². The fourth-order valence-corrected chi connectivity index (χ4v) is 9.24. The summed E-state index contributed by atoms with van der Waals surface area (Å²) in [6.07, 6.45) is -4.93. The van der Waals surface area contributed by atoms with Crippen molar-refractivity contribution in [1.29, 1.82) is 0 Å². The van der Waals surface area contributed by atoms with E-state index < -0.39 is 6.36 Å². The van der Waals surface area contributed by atoms with E-state index in [1.807, 2.05) is 97.1 Å². The van der Waals surface area contributed by atoms with Crippen molar-refractivity contribution in [2.45, 2.75) is 6.36 Å². The van der Waals surface area contributed by atoms with Crippen LogP contribution in [-0.4, -0.2) is 13.1 Å². The maximum Gasteiger partial charge on any atom is 0.573 e. The predicted molar refractivity (Wildman–Crippen MR) is 249 cm³/mol. The second-order valence-electron chi connectivity index (χ2n) is 15.6. The van der Waals surface area contributed by atoms with Gasteiger partial charge in [0.2, 0.25) is 0 Å². The van der Waals surface area contributed by atoms with Crippen LogP contribution in [0.4, 0.5) is 47.3 Å². The Kier molecular flexibility index (Phi) is 9.04. The van der Waals surface area contributed by atoms with Gasteiger partial charge in [-0.2, -0.15) is 0 Å². The number of benzene rings is 9. The molecule has 0 amide bonds. The quantitative estimate of drug-likeness (QED) is 0.149. The topological polar surface area (TPSA) is 15.7 Å². The SMILES string of the molecule is FC(F)(F)Oc1cc2c3c(c1)N(c1cccc(-c4ccccc4)c1)c1cc(-c4ccccc4)ccc1B3c1ccc(-c3ccccc3)cc1N2c1cccc(-c2ccccc2)c1. The Labute approximate surface area is 358 Å². The molecule has 0 aliphatic carbocycles. The maximum atomic E-state index is 14.5. The van der Waals surface area contributed by atoms with Gasteiger partial charge in [0.15, 0.2) is 0 Å². The zero-order valence-corrected chi connectivity index (χ0v) is 33.3. The number of anilines is 6. The van der Waals surface area contributed by atoms with Crippen molar-refractivity contribution in [2.75, 3.05) is 9.80 Å². The maximum absolute atomic E-state index is 14.5. The van der Waals surface area contributed by atoms with E-state index in [2.05, 4.69) is 119 Å². The van der Waals surface area contributed by atoms with Crippen LogP contribution in [0.1, 0.15) is 0 Å². The molecule has 0 bridgehead atoms. The third-order valence-electron chi connectivity index (χ3n) is 11.9. The van der Waals surface area contributed by atoms with Crippen LogP contribution in [0, 0.1) is 0 Å². The Morgan fingerprint density at radius 3 is 1.06 bits per heavy atom. The van der Waals surface area contributed by atoms with E-state index in [4.69, 9.17) is 4.74 Å². The van der Waals surface area contributed by atoms with E-state index >= 15 is 0 Å². The smallest absolute Gasteiger partial charge is 0.406 e. The van der Waals surface area contributed by atoms with E-state index in [-0.39, 0.29) is 12.5 Å². The summed E-state index contributed by atoms with van der Waals surface area (Å²) < 4.78 is 48.5. The van der Waals surface area contributed by atoms with Gasteiger partial charge < -0.3 is 14.5 Å². The van der Waals surface area contributed by atoms with Gasteiger partial charge in [0, 0.05) is 46.3 Å². The van der Waals surface area contributed by atoms with Crippen LogP contribution in [0.5, 0.6) is 5.75 Å². The molecule has 0 aromatic heterocycles. The lowest BCUT2D eigenvalue weighted by atomic mass is 9.33. The van der Waals surface area contributed by atoms with Gasteiger partial charge in [0.05, 0.1) is 0 Å². The van der Waals surface area contributed by atoms with Crippen LogP contribution >= 0.6 is 0 Å². The van der Waals surface area contributed by atoms with E-state index in [0.717, 1.165) is 83.6 Å². The first kappa shape index (κ1) is 37.3. The third-order valence-corrected chi connectivity index (χ3v) is 11.9. The third kappa shape index (κ3) is 6.68. The van der Waals surface area contributed by atoms with Crippen molar-refractivity contribution in [1.82, 2.24) is 0 Å². The molecule has 9 aromatic rings. The highest BCUT2D eigenvalue weighted by Crippen LogP contribution is 2.48. The number of nitrogens with zero attached hydrogens (tertiary/aromatic N) is 2. The lowest BCUT2D eigenvalue weighted by Gasteiger charge is -2.44. The van der Waals surface area contributed by atoms with Crippen molar-refractivity contribution in [3.05, 3.63) is 218 Å². The number of rotatable bonds is 7. The number of hydrogen-bond acceptors (Lipinski definition) is 3.